The van der Waals surface area contributed by atoms with Crippen molar-refractivity contribution in [1.82, 2.24) is 0 Å². The van der Waals surface area contributed by atoms with E-state index in [4.69, 9.17) is 15.2 Å². The molecular formula is C18H21F3IN3O3. The Balaban J connectivity index is 0.00000392. The van der Waals surface area contributed by atoms with Crippen LogP contribution < -0.4 is 25.3 Å². The number of nitrogens with zero attached hydrogens (tertiary/aromatic N) is 1. The van der Waals surface area contributed by atoms with Crippen LogP contribution in [0.4, 0.5) is 18.9 Å². The van der Waals surface area contributed by atoms with Gasteiger partial charge in [0, 0.05) is 12.2 Å². The number of anilines is 1. The van der Waals surface area contributed by atoms with Crippen LogP contribution in [-0.2, 0) is 6.42 Å². The summed E-state index contributed by atoms with van der Waals surface area (Å²) in [6, 6.07) is 10.8. The Labute approximate surface area is 177 Å². The predicted octanol–water partition coefficient (Wildman–Crippen LogP) is 4.19. The van der Waals surface area contributed by atoms with Crippen molar-refractivity contribution in [2.45, 2.75) is 12.8 Å². The minimum atomic E-state index is -4.72. The highest BCUT2D eigenvalue weighted by Gasteiger charge is 2.30. The van der Waals surface area contributed by atoms with Crippen LogP contribution in [0.3, 0.4) is 0 Å². The molecule has 154 valence electrons. The molecule has 0 unspecified atom stereocenters. The summed E-state index contributed by atoms with van der Waals surface area (Å²) in [5, 5.41) is 2.81. The molecule has 0 fully saturated rings. The third kappa shape index (κ3) is 7.71. The fourth-order valence-electron chi connectivity index (χ4n) is 2.27. The molecule has 0 saturated carbocycles. The molecule has 2 aromatic rings. The molecule has 0 heterocycles. The third-order valence-corrected chi connectivity index (χ3v) is 3.49. The second-order valence-corrected chi connectivity index (χ2v) is 5.40. The van der Waals surface area contributed by atoms with Crippen LogP contribution in [0.15, 0.2) is 47.5 Å². The summed E-state index contributed by atoms with van der Waals surface area (Å²) >= 11 is 0. The van der Waals surface area contributed by atoms with Crippen molar-refractivity contribution in [1.29, 1.82) is 0 Å². The van der Waals surface area contributed by atoms with E-state index in [9.17, 15) is 13.2 Å². The molecule has 0 saturated heterocycles. The van der Waals surface area contributed by atoms with E-state index in [0.29, 0.717) is 30.2 Å². The minimum absolute atomic E-state index is 0. The fourth-order valence-corrected chi connectivity index (χ4v) is 2.27. The van der Waals surface area contributed by atoms with Crippen molar-refractivity contribution in [3.8, 4) is 17.2 Å². The van der Waals surface area contributed by atoms with Gasteiger partial charge in [-0.1, -0.05) is 6.07 Å². The third-order valence-electron chi connectivity index (χ3n) is 3.49. The number of nitrogens with one attached hydrogen (secondary N) is 1. The first-order valence-corrected chi connectivity index (χ1v) is 7.94. The van der Waals surface area contributed by atoms with Crippen LogP contribution in [-0.4, -0.2) is 33.1 Å². The number of aliphatic imine (C=N–C) groups is 1. The number of nitrogens with two attached hydrogens (primary N) is 1. The quantitative estimate of drug-likeness (QED) is 0.331. The zero-order valence-corrected chi connectivity index (χ0v) is 17.6. The molecule has 10 heteroatoms. The monoisotopic (exact) mass is 511 g/mol. The molecule has 0 aromatic heterocycles. The van der Waals surface area contributed by atoms with E-state index in [1.54, 1.807) is 14.2 Å². The molecule has 0 atom stereocenters. The molecule has 3 N–H and O–H groups in total. The normalized spacial score (nSPS) is 11.4. The average molecular weight is 511 g/mol. The maximum Gasteiger partial charge on any atom is 0.573 e. The van der Waals surface area contributed by atoms with E-state index in [0.717, 1.165) is 5.56 Å². The lowest BCUT2D eigenvalue weighted by molar-refractivity contribution is -0.274. The zero-order valence-electron chi connectivity index (χ0n) is 15.2. The number of methoxy groups -OCH3 is 2. The molecule has 0 radical (unpaired) electrons. The fraction of sp³-hybridized carbons (Fsp3) is 0.278. The summed E-state index contributed by atoms with van der Waals surface area (Å²) in [6.45, 7) is 0.420. The van der Waals surface area contributed by atoms with Gasteiger partial charge in [-0.25, -0.2) is 0 Å². The van der Waals surface area contributed by atoms with E-state index in [2.05, 4.69) is 15.0 Å². The van der Waals surface area contributed by atoms with E-state index < -0.39 is 6.36 Å². The minimum Gasteiger partial charge on any atom is -0.493 e. The molecule has 2 rings (SSSR count). The van der Waals surface area contributed by atoms with Crippen LogP contribution in [0.1, 0.15) is 5.56 Å². The highest BCUT2D eigenvalue weighted by atomic mass is 127. The van der Waals surface area contributed by atoms with Gasteiger partial charge in [-0.2, -0.15) is 0 Å². The highest BCUT2D eigenvalue weighted by molar-refractivity contribution is 14.0. The Morgan fingerprint density at radius 3 is 2.25 bits per heavy atom. The van der Waals surface area contributed by atoms with Crippen molar-refractivity contribution in [2.24, 2.45) is 10.7 Å². The number of ether oxygens (including phenoxy) is 3. The smallest absolute Gasteiger partial charge is 0.493 e. The summed E-state index contributed by atoms with van der Waals surface area (Å²) in [7, 11) is 3.13. The Kier molecular flexibility index (Phi) is 9.16. The van der Waals surface area contributed by atoms with Crippen molar-refractivity contribution < 1.29 is 27.4 Å². The lowest BCUT2D eigenvalue weighted by atomic mass is 10.1. The van der Waals surface area contributed by atoms with E-state index in [1.165, 1.54) is 24.3 Å². The van der Waals surface area contributed by atoms with Crippen molar-refractivity contribution in [3.63, 3.8) is 0 Å². The first-order valence-electron chi connectivity index (χ1n) is 7.94. The van der Waals surface area contributed by atoms with Crippen LogP contribution in [0.25, 0.3) is 0 Å². The van der Waals surface area contributed by atoms with Gasteiger partial charge in [-0.3, -0.25) is 4.99 Å². The Hall–Kier alpha value is -2.37. The number of rotatable bonds is 7. The van der Waals surface area contributed by atoms with Gasteiger partial charge in [0.2, 0.25) is 0 Å². The number of guanidine groups is 1. The van der Waals surface area contributed by atoms with Gasteiger partial charge in [-0.15, -0.1) is 37.1 Å². The standard InChI is InChI=1S/C18H20F3N3O3.HI/c1-25-15-8-3-12(11-16(15)26-2)9-10-23-17(22)24-13-4-6-14(7-5-13)27-18(19,20)21;/h3-8,11H,9-10H2,1-2H3,(H3,22,23,24);1H. The molecule has 0 aliphatic heterocycles. The van der Waals surface area contributed by atoms with Crippen molar-refractivity contribution >= 4 is 35.6 Å². The van der Waals surface area contributed by atoms with E-state index >= 15 is 0 Å². The van der Waals surface area contributed by atoms with E-state index in [-0.39, 0.29) is 35.7 Å². The number of hydrogen-bond acceptors (Lipinski definition) is 4. The molecule has 0 aliphatic rings. The Bertz CT molecular complexity index is 784. The largest absolute Gasteiger partial charge is 0.573 e. The number of halogens is 4. The maximum atomic E-state index is 12.1. The summed E-state index contributed by atoms with van der Waals surface area (Å²) in [5.41, 5.74) is 7.29. The zero-order chi connectivity index (χ0) is 19.9. The van der Waals surface area contributed by atoms with Gasteiger partial charge >= 0.3 is 6.36 Å². The SMILES string of the molecule is COc1ccc(CCN=C(N)Nc2ccc(OC(F)(F)F)cc2)cc1OC.I. The highest BCUT2D eigenvalue weighted by Crippen LogP contribution is 2.27. The van der Waals surface area contributed by atoms with Gasteiger partial charge in [0.15, 0.2) is 17.5 Å². The average Bonchev–Trinajstić information content (AvgIpc) is 2.62. The molecule has 28 heavy (non-hydrogen) atoms. The number of hydrogen-bond donors (Lipinski definition) is 2. The summed E-state index contributed by atoms with van der Waals surface area (Å²) in [5.74, 6) is 1.12. The van der Waals surface area contributed by atoms with Gasteiger partial charge in [0.05, 0.1) is 14.2 Å². The molecule has 0 aliphatic carbocycles. The second kappa shape index (κ2) is 10.8. The topological polar surface area (TPSA) is 78.1 Å². The number of alkyl halides is 3. The van der Waals surface area contributed by atoms with Gasteiger partial charge in [0.1, 0.15) is 5.75 Å². The lowest BCUT2D eigenvalue weighted by Crippen LogP contribution is -2.23. The molecule has 6 nitrogen and oxygen atoms in total. The van der Waals surface area contributed by atoms with Gasteiger partial charge in [0.25, 0.3) is 0 Å². The van der Waals surface area contributed by atoms with Crippen molar-refractivity contribution in [3.05, 3.63) is 48.0 Å². The molecule has 2 aromatic carbocycles. The summed E-state index contributed by atoms with van der Waals surface area (Å²) in [6.07, 6.45) is -4.10. The van der Waals surface area contributed by atoms with Gasteiger partial charge < -0.3 is 25.3 Å². The second-order valence-electron chi connectivity index (χ2n) is 5.40. The Morgan fingerprint density at radius 2 is 1.68 bits per heavy atom. The molecule has 0 bridgehead atoms. The first kappa shape index (κ1) is 23.7. The predicted molar refractivity (Wildman–Crippen MR) is 112 cm³/mol. The lowest BCUT2D eigenvalue weighted by Gasteiger charge is -2.10. The first-order chi connectivity index (χ1) is 12.8. The molecule has 0 spiro atoms. The van der Waals surface area contributed by atoms with Crippen LogP contribution in [0.5, 0.6) is 17.2 Å². The van der Waals surface area contributed by atoms with Gasteiger partial charge in [-0.05, 0) is 48.4 Å². The van der Waals surface area contributed by atoms with Crippen LogP contribution in [0.2, 0.25) is 0 Å². The van der Waals surface area contributed by atoms with Crippen LogP contribution >= 0.6 is 24.0 Å². The molecule has 0 amide bonds. The number of benzene rings is 2. The maximum absolute atomic E-state index is 12.1. The summed E-state index contributed by atoms with van der Waals surface area (Å²) < 4.78 is 50.6. The van der Waals surface area contributed by atoms with Crippen molar-refractivity contribution in [2.75, 3.05) is 26.1 Å². The van der Waals surface area contributed by atoms with Crippen LogP contribution in [0, 0.1) is 0 Å². The summed E-state index contributed by atoms with van der Waals surface area (Å²) in [4.78, 5) is 4.19. The van der Waals surface area contributed by atoms with E-state index in [1.807, 2.05) is 18.2 Å². The Morgan fingerprint density at radius 1 is 1.04 bits per heavy atom. The molecular weight excluding hydrogens is 490 g/mol.